The molecule has 122 valence electrons. The lowest BCUT2D eigenvalue weighted by molar-refractivity contribution is -0.276. The van der Waals surface area contributed by atoms with Gasteiger partial charge in [-0.1, -0.05) is 0 Å². The molecular formula is C15H16F4O3. The van der Waals surface area contributed by atoms with E-state index < -0.39 is 17.9 Å². The number of hydrogen-bond donors (Lipinski definition) is 0. The van der Waals surface area contributed by atoms with Gasteiger partial charge in [-0.05, 0) is 50.7 Å². The van der Waals surface area contributed by atoms with E-state index in [0.29, 0.717) is 0 Å². The van der Waals surface area contributed by atoms with Crippen molar-refractivity contribution in [2.24, 2.45) is 0 Å². The predicted octanol–water partition coefficient (Wildman–Crippen LogP) is 4.59. The molecule has 0 spiro atoms. The highest BCUT2D eigenvalue weighted by atomic mass is 19.4. The fourth-order valence-corrected chi connectivity index (χ4v) is 2.47. The van der Waals surface area contributed by atoms with Gasteiger partial charge in [0.05, 0.1) is 12.2 Å². The number of ether oxygens (including phenoxy) is 3. The van der Waals surface area contributed by atoms with Gasteiger partial charge in [0.15, 0.2) is 11.5 Å². The van der Waals surface area contributed by atoms with Crippen molar-refractivity contribution in [1.29, 1.82) is 0 Å². The Hall–Kier alpha value is -1.66. The Balaban J connectivity index is 1.86. The molecule has 0 atom stereocenters. The first kappa shape index (κ1) is 15.2. The Morgan fingerprint density at radius 3 is 2.00 bits per heavy atom. The lowest BCUT2D eigenvalue weighted by Gasteiger charge is -2.19. The van der Waals surface area contributed by atoms with E-state index in [0.717, 1.165) is 38.5 Å². The maximum Gasteiger partial charge on any atom is 0.573 e. The summed E-state index contributed by atoms with van der Waals surface area (Å²) in [6.07, 6.45) is -0.394. The molecule has 0 bridgehead atoms. The van der Waals surface area contributed by atoms with E-state index in [9.17, 15) is 17.6 Å². The normalized spacial score (nSPS) is 19.3. The molecule has 0 unspecified atom stereocenters. The molecule has 0 radical (unpaired) electrons. The first-order chi connectivity index (χ1) is 10.4. The molecule has 3 rings (SSSR count). The Kier molecular flexibility index (Phi) is 4.06. The highest BCUT2D eigenvalue weighted by Crippen LogP contribution is 2.42. The molecule has 0 saturated heterocycles. The third-order valence-electron chi connectivity index (χ3n) is 3.66. The summed E-state index contributed by atoms with van der Waals surface area (Å²) in [6, 6.07) is 2.57. The summed E-state index contributed by atoms with van der Waals surface area (Å²) in [6.45, 7) is 0. The molecule has 3 nitrogen and oxygen atoms in total. The van der Waals surface area contributed by atoms with Crippen LogP contribution in [0.4, 0.5) is 17.6 Å². The fourth-order valence-electron chi connectivity index (χ4n) is 2.47. The van der Waals surface area contributed by atoms with Gasteiger partial charge in [-0.2, -0.15) is 4.39 Å². The molecule has 1 aromatic carbocycles. The van der Waals surface area contributed by atoms with Crippen molar-refractivity contribution in [3.8, 4) is 17.2 Å². The number of rotatable bonds is 5. The van der Waals surface area contributed by atoms with E-state index in [1.807, 2.05) is 0 Å². The van der Waals surface area contributed by atoms with Crippen LogP contribution in [0.5, 0.6) is 17.2 Å². The summed E-state index contributed by atoms with van der Waals surface area (Å²) < 4.78 is 66.5. The van der Waals surface area contributed by atoms with E-state index in [2.05, 4.69) is 4.74 Å². The molecule has 0 amide bonds. The van der Waals surface area contributed by atoms with Gasteiger partial charge in [-0.3, -0.25) is 0 Å². The maximum atomic E-state index is 14.3. The van der Waals surface area contributed by atoms with Gasteiger partial charge in [0.1, 0.15) is 0 Å². The lowest BCUT2D eigenvalue weighted by Crippen LogP contribution is -2.20. The summed E-state index contributed by atoms with van der Waals surface area (Å²) in [7, 11) is 0. The summed E-state index contributed by atoms with van der Waals surface area (Å²) in [4.78, 5) is 0. The van der Waals surface area contributed by atoms with Gasteiger partial charge in [0, 0.05) is 0 Å². The Morgan fingerprint density at radius 1 is 0.864 bits per heavy atom. The summed E-state index contributed by atoms with van der Waals surface area (Å²) in [5, 5.41) is 0. The third-order valence-corrected chi connectivity index (χ3v) is 3.66. The van der Waals surface area contributed by atoms with Crippen molar-refractivity contribution in [3.63, 3.8) is 0 Å². The largest absolute Gasteiger partial charge is 0.573 e. The van der Waals surface area contributed by atoms with Crippen molar-refractivity contribution in [3.05, 3.63) is 17.9 Å². The van der Waals surface area contributed by atoms with E-state index in [4.69, 9.17) is 9.47 Å². The second kappa shape index (κ2) is 5.85. The van der Waals surface area contributed by atoms with Crippen LogP contribution >= 0.6 is 0 Å². The predicted molar refractivity (Wildman–Crippen MR) is 69.6 cm³/mol. The van der Waals surface area contributed by atoms with Crippen LogP contribution in [-0.2, 0) is 0 Å². The molecule has 2 aliphatic rings. The van der Waals surface area contributed by atoms with Crippen LogP contribution in [0.15, 0.2) is 12.1 Å². The van der Waals surface area contributed by atoms with Gasteiger partial charge in [-0.15, -0.1) is 13.2 Å². The molecule has 7 heteroatoms. The zero-order valence-electron chi connectivity index (χ0n) is 11.8. The average molecular weight is 320 g/mol. The first-order valence-electron chi connectivity index (χ1n) is 7.34. The second-order valence-corrected chi connectivity index (χ2v) is 5.59. The molecule has 1 aromatic rings. The van der Waals surface area contributed by atoms with Crippen molar-refractivity contribution in [2.45, 2.75) is 57.1 Å². The van der Waals surface area contributed by atoms with Crippen molar-refractivity contribution in [2.75, 3.05) is 0 Å². The van der Waals surface area contributed by atoms with Crippen LogP contribution in [0.25, 0.3) is 0 Å². The standard InChI is InChI=1S/C15H16F4O3/c16-13-11(20-10-5-6-10)7-8-12(14(13)22-15(17,18)19)21-9-3-1-2-4-9/h7-10H,1-6H2. The monoisotopic (exact) mass is 320 g/mol. The highest BCUT2D eigenvalue weighted by Gasteiger charge is 2.36. The quantitative estimate of drug-likeness (QED) is 0.743. The van der Waals surface area contributed by atoms with Gasteiger partial charge >= 0.3 is 6.36 Å². The van der Waals surface area contributed by atoms with Crippen LogP contribution in [0.1, 0.15) is 38.5 Å². The minimum absolute atomic E-state index is 0.130. The van der Waals surface area contributed by atoms with E-state index >= 15 is 0 Å². The zero-order valence-corrected chi connectivity index (χ0v) is 11.8. The molecule has 0 aromatic heterocycles. The van der Waals surface area contributed by atoms with Crippen LogP contribution in [0.2, 0.25) is 0 Å². The molecule has 0 heterocycles. The summed E-state index contributed by atoms with van der Waals surface area (Å²) in [5.41, 5.74) is 0. The third kappa shape index (κ3) is 3.75. The van der Waals surface area contributed by atoms with Crippen LogP contribution in [0, 0.1) is 5.82 Å². The topological polar surface area (TPSA) is 27.7 Å². The Morgan fingerprint density at radius 2 is 1.41 bits per heavy atom. The highest BCUT2D eigenvalue weighted by molar-refractivity contribution is 5.47. The van der Waals surface area contributed by atoms with Gasteiger partial charge < -0.3 is 14.2 Å². The van der Waals surface area contributed by atoms with Crippen molar-refractivity contribution in [1.82, 2.24) is 0 Å². The maximum absolute atomic E-state index is 14.3. The van der Waals surface area contributed by atoms with Gasteiger partial charge in [-0.25, -0.2) is 0 Å². The van der Waals surface area contributed by atoms with Crippen LogP contribution in [0.3, 0.4) is 0 Å². The average Bonchev–Trinajstić information content (AvgIpc) is 3.10. The Bertz CT molecular complexity index is 534. The number of benzene rings is 1. The molecule has 0 N–H and O–H groups in total. The molecule has 2 aliphatic carbocycles. The minimum Gasteiger partial charge on any atom is -0.487 e. The first-order valence-corrected chi connectivity index (χ1v) is 7.34. The summed E-state index contributed by atoms with van der Waals surface area (Å²) >= 11 is 0. The zero-order chi connectivity index (χ0) is 15.7. The minimum atomic E-state index is -4.99. The van der Waals surface area contributed by atoms with E-state index in [-0.39, 0.29) is 23.7 Å². The van der Waals surface area contributed by atoms with Crippen LogP contribution in [-0.4, -0.2) is 18.6 Å². The molecular weight excluding hydrogens is 304 g/mol. The van der Waals surface area contributed by atoms with E-state index in [1.165, 1.54) is 12.1 Å². The number of halogens is 4. The van der Waals surface area contributed by atoms with Crippen molar-refractivity contribution < 1.29 is 31.8 Å². The summed E-state index contributed by atoms with van der Waals surface area (Å²) in [5.74, 6) is -2.58. The molecule has 2 saturated carbocycles. The molecule has 0 aliphatic heterocycles. The smallest absolute Gasteiger partial charge is 0.487 e. The number of hydrogen-bond acceptors (Lipinski definition) is 3. The van der Waals surface area contributed by atoms with Gasteiger partial charge in [0.2, 0.25) is 11.6 Å². The SMILES string of the molecule is Fc1c(OC2CC2)ccc(OC2CCCC2)c1OC(F)(F)F. The van der Waals surface area contributed by atoms with Crippen molar-refractivity contribution >= 4 is 0 Å². The molecule has 22 heavy (non-hydrogen) atoms. The second-order valence-electron chi connectivity index (χ2n) is 5.59. The van der Waals surface area contributed by atoms with Gasteiger partial charge in [0.25, 0.3) is 0 Å². The lowest BCUT2D eigenvalue weighted by atomic mass is 10.2. The van der Waals surface area contributed by atoms with Crippen LogP contribution < -0.4 is 14.2 Å². The van der Waals surface area contributed by atoms with E-state index in [1.54, 1.807) is 0 Å². The fraction of sp³-hybridized carbons (Fsp3) is 0.600. The Labute approximate surface area is 125 Å². The number of alkyl halides is 3. The molecule has 2 fully saturated rings.